The smallest absolute Gasteiger partial charge is 0.347 e. The number of nitrogens with zero attached hydrogens (tertiary/aromatic N) is 4. The summed E-state index contributed by atoms with van der Waals surface area (Å²) >= 11 is 0. The van der Waals surface area contributed by atoms with Crippen molar-refractivity contribution in [1.82, 2.24) is 19.6 Å². The highest BCUT2D eigenvalue weighted by atomic mass is 16.5. The number of β-amino-alcohol motifs (C(OH)–C–C–N with tert-alkyl or cyclic N) is 1. The molecular weight excluding hydrogens is 300 g/mol. The highest BCUT2D eigenvalue weighted by Gasteiger charge is 2.34. The number of carbonyl (C=O) groups excluding carboxylic acids is 1. The van der Waals surface area contributed by atoms with E-state index < -0.39 is 11.8 Å². The molecule has 0 aromatic carbocycles. The summed E-state index contributed by atoms with van der Waals surface area (Å²) in [6.07, 6.45) is 2.82. The van der Waals surface area contributed by atoms with Gasteiger partial charge in [-0.3, -0.25) is 9.36 Å². The molecule has 0 spiro atoms. The Hall–Kier alpha value is -2.48. The number of carbonyl (C=O) groups is 1. The Morgan fingerprint density at radius 1 is 1.48 bits per heavy atom. The lowest BCUT2D eigenvalue weighted by Crippen LogP contribution is -2.36. The van der Waals surface area contributed by atoms with Crippen molar-refractivity contribution in [3.05, 3.63) is 46.5 Å². The summed E-state index contributed by atoms with van der Waals surface area (Å²) in [6.45, 7) is 2.44. The molecule has 0 saturated carbocycles. The fourth-order valence-corrected chi connectivity index (χ4v) is 2.78. The number of amides is 1. The Morgan fingerprint density at radius 3 is 3.00 bits per heavy atom. The van der Waals surface area contributed by atoms with Crippen LogP contribution in [-0.2, 0) is 17.8 Å². The van der Waals surface area contributed by atoms with Gasteiger partial charge in [0.15, 0.2) is 0 Å². The Morgan fingerprint density at radius 2 is 2.30 bits per heavy atom. The van der Waals surface area contributed by atoms with Gasteiger partial charge < -0.3 is 14.5 Å². The quantitative estimate of drug-likeness (QED) is 0.823. The summed E-state index contributed by atoms with van der Waals surface area (Å²) < 4.78 is 6.42. The minimum atomic E-state index is -0.616. The fourth-order valence-electron chi connectivity index (χ4n) is 2.78. The maximum atomic E-state index is 12.3. The Kier molecular flexibility index (Phi) is 4.24. The van der Waals surface area contributed by atoms with Crippen molar-refractivity contribution in [1.29, 1.82) is 0 Å². The first-order valence-corrected chi connectivity index (χ1v) is 7.42. The lowest BCUT2D eigenvalue weighted by Gasteiger charge is -2.16. The molecule has 2 aromatic heterocycles. The summed E-state index contributed by atoms with van der Waals surface area (Å²) in [4.78, 5) is 29.0. The number of aliphatic hydroxyl groups is 1. The molecule has 1 amide bonds. The van der Waals surface area contributed by atoms with Crippen LogP contribution in [0.1, 0.15) is 11.5 Å². The molecule has 0 bridgehead atoms. The van der Waals surface area contributed by atoms with E-state index in [0.29, 0.717) is 18.7 Å². The molecule has 8 heteroatoms. The topological polar surface area (TPSA) is 101 Å². The van der Waals surface area contributed by atoms with Crippen LogP contribution in [0, 0.1) is 12.8 Å². The van der Waals surface area contributed by atoms with E-state index in [2.05, 4.69) is 10.1 Å². The standard InChI is InChI=1S/C15H18N4O4/c1-10-5-12(23-17-10)6-11-7-19(8-13(11)20)14(21)9-18-4-2-3-16-15(18)22/h2-5,11,13,20H,6-9H2,1H3/t11-,13+/m1/s1. The second-order valence-corrected chi connectivity index (χ2v) is 5.80. The molecular formula is C15H18N4O4. The molecule has 0 radical (unpaired) electrons. The maximum absolute atomic E-state index is 12.3. The lowest BCUT2D eigenvalue weighted by molar-refractivity contribution is -0.131. The summed E-state index contributed by atoms with van der Waals surface area (Å²) in [7, 11) is 0. The third kappa shape index (κ3) is 3.48. The van der Waals surface area contributed by atoms with Crippen LogP contribution in [0.15, 0.2) is 33.8 Å². The first kappa shape index (κ1) is 15.4. The van der Waals surface area contributed by atoms with Crippen LogP contribution in [0.25, 0.3) is 0 Å². The molecule has 23 heavy (non-hydrogen) atoms. The van der Waals surface area contributed by atoms with Crippen molar-refractivity contribution in [3.63, 3.8) is 0 Å². The highest BCUT2D eigenvalue weighted by molar-refractivity contribution is 5.76. The molecule has 0 aliphatic carbocycles. The third-order valence-corrected chi connectivity index (χ3v) is 3.99. The minimum Gasteiger partial charge on any atom is -0.391 e. The van der Waals surface area contributed by atoms with Crippen molar-refractivity contribution in [2.75, 3.05) is 13.1 Å². The second kappa shape index (κ2) is 6.33. The van der Waals surface area contributed by atoms with Gasteiger partial charge in [-0.05, 0) is 13.0 Å². The molecule has 3 heterocycles. The van der Waals surface area contributed by atoms with E-state index in [1.807, 2.05) is 13.0 Å². The van der Waals surface area contributed by atoms with Crippen molar-refractivity contribution >= 4 is 5.91 Å². The molecule has 1 N–H and O–H groups in total. The van der Waals surface area contributed by atoms with Crippen molar-refractivity contribution in [2.45, 2.75) is 26.0 Å². The van der Waals surface area contributed by atoms with Crippen molar-refractivity contribution < 1.29 is 14.4 Å². The van der Waals surface area contributed by atoms with E-state index in [1.54, 1.807) is 11.0 Å². The van der Waals surface area contributed by atoms with Gasteiger partial charge in [-0.2, -0.15) is 0 Å². The average Bonchev–Trinajstić information content (AvgIpc) is 3.08. The van der Waals surface area contributed by atoms with Gasteiger partial charge in [-0.25, -0.2) is 9.78 Å². The molecule has 3 rings (SSSR count). The Labute approximate surface area is 132 Å². The van der Waals surface area contributed by atoms with Crippen molar-refractivity contribution in [2.24, 2.45) is 5.92 Å². The van der Waals surface area contributed by atoms with E-state index in [4.69, 9.17) is 4.52 Å². The molecule has 1 aliphatic heterocycles. The largest absolute Gasteiger partial charge is 0.391 e. The van der Waals surface area contributed by atoms with Crippen LogP contribution in [0.3, 0.4) is 0 Å². The van der Waals surface area contributed by atoms with Crippen molar-refractivity contribution in [3.8, 4) is 0 Å². The van der Waals surface area contributed by atoms with Gasteiger partial charge in [0.2, 0.25) is 5.91 Å². The summed E-state index contributed by atoms with van der Waals surface area (Å²) in [6, 6.07) is 3.43. The predicted octanol–water partition coefficient (Wildman–Crippen LogP) is -0.398. The predicted molar refractivity (Wildman–Crippen MR) is 79.5 cm³/mol. The summed E-state index contributed by atoms with van der Waals surface area (Å²) in [5, 5.41) is 14.0. The molecule has 2 atom stereocenters. The number of rotatable bonds is 4. The monoisotopic (exact) mass is 318 g/mol. The number of likely N-dealkylation sites (tertiary alicyclic amines) is 1. The van der Waals surface area contributed by atoms with E-state index in [9.17, 15) is 14.7 Å². The van der Waals surface area contributed by atoms with Gasteiger partial charge in [0.1, 0.15) is 12.3 Å². The first-order chi connectivity index (χ1) is 11.0. The van der Waals surface area contributed by atoms with Gasteiger partial charge >= 0.3 is 5.69 Å². The van der Waals surface area contributed by atoms with Gasteiger partial charge in [0.05, 0.1) is 11.8 Å². The number of hydrogen-bond acceptors (Lipinski definition) is 6. The normalized spacial score (nSPS) is 20.9. The molecule has 122 valence electrons. The molecule has 0 unspecified atom stereocenters. The number of hydrogen-bond donors (Lipinski definition) is 1. The minimum absolute atomic E-state index is 0.0759. The van der Waals surface area contributed by atoms with E-state index in [0.717, 1.165) is 5.69 Å². The van der Waals surface area contributed by atoms with Crippen LogP contribution in [0.2, 0.25) is 0 Å². The zero-order chi connectivity index (χ0) is 16.4. The van der Waals surface area contributed by atoms with Crippen LogP contribution >= 0.6 is 0 Å². The van der Waals surface area contributed by atoms with E-state index in [1.165, 1.54) is 17.0 Å². The van der Waals surface area contributed by atoms with Gasteiger partial charge in [-0.1, -0.05) is 5.16 Å². The number of aryl methyl sites for hydroxylation is 1. The molecule has 8 nitrogen and oxygen atoms in total. The van der Waals surface area contributed by atoms with Crippen LogP contribution in [-0.4, -0.2) is 49.8 Å². The van der Waals surface area contributed by atoms with Crippen LogP contribution in [0.4, 0.5) is 0 Å². The summed E-state index contributed by atoms with van der Waals surface area (Å²) in [5.74, 6) is 0.386. The van der Waals surface area contributed by atoms with Gasteiger partial charge in [-0.15, -0.1) is 0 Å². The first-order valence-electron chi connectivity index (χ1n) is 7.42. The second-order valence-electron chi connectivity index (χ2n) is 5.80. The molecule has 1 saturated heterocycles. The Balaban J connectivity index is 1.62. The molecule has 2 aromatic rings. The third-order valence-electron chi connectivity index (χ3n) is 3.99. The average molecular weight is 318 g/mol. The Bertz CT molecular complexity index is 754. The zero-order valence-electron chi connectivity index (χ0n) is 12.8. The van der Waals surface area contributed by atoms with E-state index in [-0.39, 0.29) is 24.9 Å². The lowest BCUT2D eigenvalue weighted by atomic mass is 10.0. The summed E-state index contributed by atoms with van der Waals surface area (Å²) in [5.41, 5.74) is 0.325. The van der Waals surface area contributed by atoms with Gasteiger partial charge in [0.25, 0.3) is 0 Å². The fraction of sp³-hybridized carbons (Fsp3) is 0.467. The number of aromatic nitrogens is 3. The van der Waals surface area contributed by atoms with E-state index >= 15 is 0 Å². The van der Waals surface area contributed by atoms with Crippen LogP contribution < -0.4 is 5.69 Å². The SMILES string of the molecule is Cc1cc(C[C@@H]2CN(C(=O)Cn3cccnc3=O)C[C@@H]2O)on1. The van der Waals surface area contributed by atoms with Gasteiger partial charge in [0, 0.05) is 43.9 Å². The molecule has 1 fully saturated rings. The van der Waals surface area contributed by atoms with Crippen LogP contribution in [0.5, 0.6) is 0 Å². The zero-order valence-corrected chi connectivity index (χ0v) is 12.8. The maximum Gasteiger partial charge on any atom is 0.347 e. The highest BCUT2D eigenvalue weighted by Crippen LogP contribution is 2.22. The number of aliphatic hydroxyl groups excluding tert-OH is 1. The molecule has 1 aliphatic rings.